The molecule has 0 radical (unpaired) electrons. The molecule has 0 aromatic carbocycles. The summed E-state index contributed by atoms with van der Waals surface area (Å²) in [6.07, 6.45) is 0. The molecule has 3 heteroatoms. The molecule has 0 aliphatic rings. The fourth-order valence-corrected chi connectivity index (χ4v) is 0.651. The van der Waals surface area contributed by atoms with E-state index in [0.717, 1.165) is 5.56 Å². The molecule has 0 aliphatic carbocycles. The third-order valence-corrected chi connectivity index (χ3v) is 0.958. The van der Waals surface area contributed by atoms with E-state index in [1.807, 2.05) is 0 Å². The smallest absolute Gasteiger partial charge is 0.215 e. The number of pyridine rings is 1. The number of nitrogens with zero attached hydrogens (tertiary/aromatic N) is 1. The molecule has 2 N–H and O–H groups in total. The van der Waals surface area contributed by atoms with E-state index in [-0.39, 0.29) is 5.82 Å². The highest BCUT2D eigenvalue weighted by Gasteiger charge is 1.92. The van der Waals surface area contributed by atoms with E-state index >= 15 is 0 Å². The third-order valence-electron chi connectivity index (χ3n) is 0.958. The van der Waals surface area contributed by atoms with Crippen LogP contribution in [0.3, 0.4) is 0 Å². The number of hydrogen-bond donors (Lipinski definition) is 1. The summed E-state index contributed by atoms with van der Waals surface area (Å²) < 4.78 is 12.2. The average molecular weight is 126 g/mol. The molecule has 0 fully saturated rings. The maximum atomic E-state index is 12.2. The van der Waals surface area contributed by atoms with Crippen molar-refractivity contribution in [3.63, 3.8) is 0 Å². The Morgan fingerprint density at radius 3 is 2.67 bits per heavy atom. The van der Waals surface area contributed by atoms with Crippen molar-refractivity contribution in [2.24, 2.45) is 0 Å². The van der Waals surface area contributed by atoms with Crippen molar-refractivity contribution in [2.75, 3.05) is 5.73 Å². The van der Waals surface area contributed by atoms with Gasteiger partial charge in [-0.3, -0.25) is 0 Å². The second kappa shape index (κ2) is 2.01. The summed E-state index contributed by atoms with van der Waals surface area (Å²) in [5, 5.41) is 0. The van der Waals surface area contributed by atoms with Crippen LogP contribution in [0.2, 0.25) is 0 Å². The molecule has 0 amide bonds. The van der Waals surface area contributed by atoms with Crippen LogP contribution in [0, 0.1) is 12.9 Å². The normalized spacial score (nSPS) is 9.56. The van der Waals surface area contributed by atoms with Crippen LogP contribution in [-0.4, -0.2) is 4.98 Å². The third kappa shape index (κ3) is 1.38. The van der Waals surface area contributed by atoms with Crippen LogP contribution < -0.4 is 5.73 Å². The second-order valence-corrected chi connectivity index (χ2v) is 1.89. The molecule has 9 heavy (non-hydrogen) atoms. The van der Waals surface area contributed by atoms with Gasteiger partial charge in [-0.2, -0.15) is 4.39 Å². The van der Waals surface area contributed by atoms with E-state index in [0.29, 0.717) is 0 Å². The SMILES string of the molecule is Cc1cc(N)nc(F)c1. The largest absolute Gasteiger partial charge is 0.384 e. The maximum absolute atomic E-state index is 12.2. The summed E-state index contributed by atoms with van der Waals surface area (Å²) in [4.78, 5) is 3.35. The van der Waals surface area contributed by atoms with Gasteiger partial charge in [0.25, 0.3) is 0 Å². The van der Waals surface area contributed by atoms with E-state index in [2.05, 4.69) is 4.98 Å². The van der Waals surface area contributed by atoms with Crippen molar-refractivity contribution in [3.05, 3.63) is 23.6 Å². The number of rotatable bonds is 0. The van der Waals surface area contributed by atoms with Crippen molar-refractivity contribution in [2.45, 2.75) is 6.92 Å². The number of nitrogens with two attached hydrogens (primary N) is 1. The van der Waals surface area contributed by atoms with Crippen LogP contribution in [0.1, 0.15) is 5.56 Å². The molecule has 48 valence electrons. The quantitative estimate of drug-likeness (QED) is 0.529. The molecule has 1 aromatic rings. The molecule has 1 aromatic heterocycles. The molecule has 0 bridgehead atoms. The van der Waals surface area contributed by atoms with Crippen LogP contribution in [-0.2, 0) is 0 Å². The molecule has 0 saturated carbocycles. The fourth-order valence-electron chi connectivity index (χ4n) is 0.651. The van der Waals surface area contributed by atoms with Gasteiger partial charge < -0.3 is 5.73 Å². The lowest BCUT2D eigenvalue weighted by atomic mass is 10.3. The lowest BCUT2D eigenvalue weighted by molar-refractivity contribution is 0.584. The van der Waals surface area contributed by atoms with Crippen molar-refractivity contribution >= 4 is 5.82 Å². The maximum Gasteiger partial charge on any atom is 0.215 e. The summed E-state index contributed by atoms with van der Waals surface area (Å²) in [5.74, 6) is -0.292. The number of nitrogen functional groups attached to an aromatic ring is 1. The molecular weight excluding hydrogens is 119 g/mol. The summed E-state index contributed by atoms with van der Waals surface area (Å²) in [5.41, 5.74) is 6.00. The first kappa shape index (κ1) is 6.01. The van der Waals surface area contributed by atoms with Crippen molar-refractivity contribution in [3.8, 4) is 0 Å². The lowest BCUT2D eigenvalue weighted by Gasteiger charge is -1.93. The highest BCUT2D eigenvalue weighted by Crippen LogP contribution is 2.03. The summed E-state index contributed by atoms with van der Waals surface area (Å²) >= 11 is 0. The van der Waals surface area contributed by atoms with Gasteiger partial charge in [0.1, 0.15) is 5.82 Å². The molecular formula is C6H7FN2. The Balaban J connectivity index is 3.17. The standard InChI is InChI=1S/C6H7FN2/c1-4-2-5(7)9-6(8)3-4/h2-3H,1H3,(H2,8,9). The molecule has 0 spiro atoms. The second-order valence-electron chi connectivity index (χ2n) is 1.89. The number of aromatic nitrogens is 1. The summed E-state index contributed by atoms with van der Waals surface area (Å²) in [6.45, 7) is 1.76. The van der Waals surface area contributed by atoms with E-state index < -0.39 is 5.95 Å². The monoisotopic (exact) mass is 126 g/mol. The zero-order valence-corrected chi connectivity index (χ0v) is 5.06. The topological polar surface area (TPSA) is 38.9 Å². The zero-order valence-electron chi connectivity index (χ0n) is 5.06. The highest BCUT2D eigenvalue weighted by molar-refractivity contribution is 5.31. The summed E-state index contributed by atoms with van der Waals surface area (Å²) in [7, 11) is 0. The van der Waals surface area contributed by atoms with Crippen LogP contribution in [0.25, 0.3) is 0 Å². The minimum atomic E-state index is -0.521. The minimum Gasteiger partial charge on any atom is -0.384 e. The number of hydrogen-bond acceptors (Lipinski definition) is 2. The van der Waals surface area contributed by atoms with Gasteiger partial charge in [-0.1, -0.05) is 0 Å². The van der Waals surface area contributed by atoms with Gasteiger partial charge >= 0.3 is 0 Å². The predicted molar refractivity (Wildman–Crippen MR) is 33.3 cm³/mol. The number of halogens is 1. The van der Waals surface area contributed by atoms with Gasteiger partial charge in [0.15, 0.2) is 0 Å². The Bertz CT molecular complexity index is 172. The molecule has 0 aliphatic heterocycles. The molecule has 0 unspecified atom stereocenters. The average Bonchev–Trinajstić information content (AvgIpc) is 1.59. The van der Waals surface area contributed by atoms with Crippen molar-refractivity contribution in [1.82, 2.24) is 4.98 Å². The number of anilines is 1. The van der Waals surface area contributed by atoms with E-state index in [4.69, 9.17) is 5.73 Å². The van der Waals surface area contributed by atoms with Crippen molar-refractivity contribution < 1.29 is 4.39 Å². The first-order valence-electron chi connectivity index (χ1n) is 2.58. The van der Waals surface area contributed by atoms with Gasteiger partial charge in [-0.05, 0) is 24.6 Å². The first-order valence-corrected chi connectivity index (χ1v) is 2.58. The predicted octanol–water partition coefficient (Wildman–Crippen LogP) is 1.11. The molecule has 0 saturated heterocycles. The van der Waals surface area contributed by atoms with Crippen LogP contribution in [0.4, 0.5) is 10.2 Å². The van der Waals surface area contributed by atoms with Crippen LogP contribution in [0.5, 0.6) is 0 Å². The van der Waals surface area contributed by atoms with Gasteiger partial charge in [0.2, 0.25) is 5.95 Å². The zero-order chi connectivity index (χ0) is 6.85. The Hall–Kier alpha value is -1.12. The van der Waals surface area contributed by atoms with E-state index in [1.165, 1.54) is 6.07 Å². The van der Waals surface area contributed by atoms with Crippen molar-refractivity contribution in [1.29, 1.82) is 0 Å². The van der Waals surface area contributed by atoms with Crippen LogP contribution in [0.15, 0.2) is 12.1 Å². The number of aryl methyl sites for hydroxylation is 1. The molecule has 0 atom stereocenters. The lowest BCUT2D eigenvalue weighted by Crippen LogP contribution is -1.92. The Kier molecular flexibility index (Phi) is 1.34. The van der Waals surface area contributed by atoms with Crippen LogP contribution >= 0.6 is 0 Å². The highest BCUT2D eigenvalue weighted by atomic mass is 19.1. The Morgan fingerprint density at radius 1 is 1.56 bits per heavy atom. The Morgan fingerprint density at radius 2 is 2.22 bits per heavy atom. The molecule has 1 rings (SSSR count). The van der Waals surface area contributed by atoms with E-state index in [9.17, 15) is 4.39 Å². The fraction of sp³-hybridized carbons (Fsp3) is 0.167. The van der Waals surface area contributed by atoms with Gasteiger partial charge in [-0.25, -0.2) is 4.98 Å². The van der Waals surface area contributed by atoms with Gasteiger partial charge in [-0.15, -0.1) is 0 Å². The summed E-state index contributed by atoms with van der Waals surface area (Å²) in [6, 6.07) is 2.94. The Labute approximate surface area is 52.5 Å². The van der Waals surface area contributed by atoms with E-state index in [1.54, 1.807) is 13.0 Å². The molecule has 2 nitrogen and oxygen atoms in total. The molecule has 1 heterocycles. The van der Waals surface area contributed by atoms with Gasteiger partial charge in [0.05, 0.1) is 0 Å². The minimum absolute atomic E-state index is 0.229. The first-order chi connectivity index (χ1) is 4.18. The van der Waals surface area contributed by atoms with Gasteiger partial charge in [0, 0.05) is 0 Å².